The second-order valence-electron chi connectivity index (χ2n) is 3.37. The third kappa shape index (κ3) is 2.16. The number of hydrogen-bond donors (Lipinski definition) is 0. The number of hydrogen-bond acceptors (Lipinski definition) is 1. The fraction of sp³-hybridized carbons (Fsp3) is 0.250. The summed E-state index contributed by atoms with van der Waals surface area (Å²) in [4.78, 5) is 0. The first-order valence-corrected chi connectivity index (χ1v) is 4.78. The van der Waals surface area contributed by atoms with Crippen molar-refractivity contribution in [1.29, 1.82) is 5.26 Å². The quantitative estimate of drug-likeness (QED) is 0.640. The van der Waals surface area contributed by atoms with E-state index in [1.165, 1.54) is 5.56 Å². The van der Waals surface area contributed by atoms with E-state index in [2.05, 4.69) is 12.1 Å². The number of benzene rings is 1. The molecule has 72 valence electrons. The molecule has 0 aromatic heterocycles. The van der Waals surface area contributed by atoms with Crippen LogP contribution in [-0.4, -0.2) is 0 Å². The second-order valence-corrected chi connectivity index (χ2v) is 3.75. The van der Waals surface area contributed by atoms with Crippen LogP contribution in [0.4, 0.5) is 0 Å². The first-order valence-electron chi connectivity index (χ1n) is 4.40. The lowest BCUT2D eigenvalue weighted by atomic mass is 10.0. The van der Waals surface area contributed by atoms with Gasteiger partial charge in [-0.1, -0.05) is 35.4 Å². The van der Waals surface area contributed by atoms with E-state index in [1.54, 1.807) is 6.92 Å². The predicted octanol–water partition coefficient (Wildman–Crippen LogP) is 3.80. The van der Waals surface area contributed by atoms with E-state index in [-0.39, 0.29) is 0 Å². The highest BCUT2D eigenvalue weighted by atomic mass is 35.5. The van der Waals surface area contributed by atoms with E-state index in [0.717, 1.165) is 11.1 Å². The zero-order valence-electron chi connectivity index (χ0n) is 8.56. The number of nitrogens with zero attached hydrogens (tertiary/aromatic N) is 1. The summed E-state index contributed by atoms with van der Waals surface area (Å²) in [6.45, 7) is 5.75. The van der Waals surface area contributed by atoms with E-state index in [1.807, 2.05) is 26.0 Å². The molecule has 0 atom stereocenters. The van der Waals surface area contributed by atoms with Crippen LogP contribution in [0.15, 0.2) is 23.8 Å². The maximum atomic E-state index is 8.72. The molecule has 0 amide bonds. The largest absolute Gasteiger partial charge is 0.193 e. The molecule has 0 radical (unpaired) electrons. The maximum Gasteiger partial charge on any atom is 0.0959 e. The van der Waals surface area contributed by atoms with Crippen LogP contribution in [0.2, 0.25) is 0 Å². The third-order valence-corrected chi connectivity index (χ3v) is 2.60. The van der Waals surface area contributed by atoms with Crippen LogP contribution in [0, 0.1) is 25.2 Å². The van der Waals surface area contributed by atoms with Crippen molar-refractivity contribution in [1.82, 2.24) is 0 Å². The molecule has 1 nitrogen and oxygen atoms in total. The van der Waals surface area contributed by atoms with E-state index >= 15 is 0 Å². The summed E-state index contributed by atoms with van der Waals surface area (Å²) < 4.78 is 0. The molecule has 0 bridgehead atoms. The van der Waals surface area contributed by atoms with Crippen LogP contribution in [0.25, 0.3) is 5.03 Å². The Morgan fingerprint density at radius 1 is 1.36 bits per heavy atom. The molecular formula is C12H12ClN. The molecule has 0 N–H and O–H groups in total. The molecule has 14 heavy (non-hydrogen) atoms. The van der Waals surface area contributed by atoms with Crippen molar-refractivity contribution in [3.05, 3.63) is 40.5 Å². The minimum absolute atomic E-state index is 0.546. The van der Waals surface area contributed by atoms with Gasteiger partial charge < -0.3 is 0 Å². The fourth-order valence-corrected chi connectivity index (χ4v) is 1.57. The van der Waals surface area contributed by atoms with Crippen LogP contribution in [0.1, 0.15) is 23.6 Å². The minimum Gasteiger partial charge on any atom is -0.193 e. The van der Waals surface area contributed by atoms with Gasteiger partial charge in [-0.2, -0.15) is 5.26 Å². The molecule has 2 heteroatoms. The lowest BCUT2D eigenvalue weighted by Gasteiger charge is -2.05. The van der Waals surface area contributed by atoms with Crippen molar-refractivity contribution in [2.75, 3.05) is 0 Å². The topological polar surface area (TPSA) is 23.8 Å². The summed E-state index contributed by atoms with van der Waals surface area (Å²) in [6.07, 6.45) is 0. The monoisotopic (exact) mass is 205 g/mol. The first-order chi connectivity index (χ1) is 6.56. The Kier molecular flexibility index (Phi) is 3.33. The van der Waals surface area contributed by atoms with Crippen molar-refractivity contribution >= 4 is 16.6 Å². The summed E-state index contributed by atoms with van der Waals surface area (Å²) in [5.74, 6) is 0. The lowest BCUT2D eigenvalue weighted by Crippen LogP contribution is -1.87. The number of halogens is 1. The summed E-state index contributed by atoms with van der Waals surface area (Å²) in [6, 6.07) is 8.06. The molecule has 0 saturated carbocycles. The lowest BCUT2D eigenvalue weighted by molar-refractivity contribution is 1.35. The van der Waals surface area contributed by atoms with Crippen molar-refractivity contribution in [3.8, 4) is 6.07 Å². The van der Waals surface area contributed by atoms with Gasteiger partial charge in [0.15, 0.2) is 0 Å². The molecule has 0 heterocycles. The Morgan fingerprint density at radius 2 is 2.00 bits per heavy atom. The molecule has 0 saturated heterocycles. The van der Waals surface area contributed by atoms with E-state index in [4.69, 9.17) is 16.9 Å². The van der Waals surface area contributed by atoms with Gasteiger partial charge in [0, 0.05) is 5.57 Å². The summed E-state index contributed by atoms with van der Waals surface area (Å²) in [7, 11) is 0. The fourth-order valence-electron chi connectivity index (χ4n) is 1.31. The Balaban J connectivity index is 3.29. The van der Waals surface area contributed by atoms with Crippen molar-refractivity contribution in [3.63, 3.8) is 0 Å². The van der Waals surface area contributed by atoms with Crippen LogP contribution >= 0.6 is 11.6 Å². The maximum absolute atomic E-state index is 8.72. The molecular weight excluding hydrogens is 194 g/mol. The van der Waals surface area contributed by atoms with Gasteiger partial charge in [-0.3, -0.25) is 0 Å². The number of rotatable bonds is 1. The number of nitriles is 1. The average Bonchev–Trinajstić information content (AvgIpc) is 2.15. The molecule has 0 unspecified atom stereocenters. The highest BCUT2D eigenvalue weighted by Crippen LogP contribution is 2.26. The Morgan fingerprint density at radius 3 is 2.50 bits per heavy atom. The van der Waals surface area contributed by atoms with Crippen LogP contribution in [-0.2, 0) is 0 Å². The van der Waals surface area contributed by atoms with Crippen molar-refractivity contribution in [2.24, 2.45) is 0 Å². The predicted molar refractivity (Wildman–Crippen MR) is 60.0 cm³/mol. The van der Waals surface area contributed by atoms with E-state index < -0.39 is 0 Å². The SMILES string of the molecule is C/C(C#N)=C(/Cl)c1ccc(C)cc1C. The van der Waals surface area contributed by atoms with Gasteiger partial charge in [0.1, 0.15) is 0 Å². The van der Waals surface area contributed by atoms with Gasteiger partial charge in [0.25, 0.3) is 0 Å². The summed E-state index contributed by atoms with van der Waals surface area (Å²) in [5, 5.41) is 9.27. The highest BCUT2D eigenvalue weighted by molar-refractivity contribution is 6.49. The zero-order chi connectivity index (χ0) is 10.7. The minimum atomic E-state index is 0.546. The van der Waals surface area contributed by atoms with Crippen LogP contribution < -0.4 is 0 Å². The third-order valence-electron chi connectivity index (χ3n) is 2.12. The van der Waals surface area contributed by atoms with Crippen LogP contribution in [0.3, 0.4) is 0 Å². The van der Waals surface area contributed by atoms with Crippen LogP contribution in [0.5, 0.6) is 0 Å². The number of allylic oxidation sites excluding steroid dienone is 1. The first kappa shape index (κ1) is 10.8. The molecule has 1 aromatic carbocycles. The van der Waals surface area contributed by atoms with Gasteiger partial charge >= 0.3 is 0 Å². The molecule has 0 aliphatic rings. The molecule has 0 aliphatic carbocycles. The molecule has 0 spiro atoms. The molecule has 0 aliphatic heterocycles. The van der Waals surface area contributed by atoms with E-state index in [0.29, 0.717) is 10.6 Å². The van der Waals surface area contributed by atoms with Gasteiger partial charge in [-0.25, -0.2) is 0 Å². The summed E-state index contributed by atoms with van der Waals surface area (Å²) >= 11 is 6.07. The average molecular weight is 206 g/mol. The van der Waals surface area contributed by atoms with Gasteiger partial charge in [-0.05, 0) is 31.9 Å². The molecule has 1 rings (SSSR count). The number of aryl methyl sites for hydroxylation is 2. The van der Waals surface area contributed by atoms with E-state index in [9.17, 15) is 0 Å². The van der Waals surface area contributed by atoms with Gasteiger partial charge in [0.05, 0.1) is 11.1 Å². The normalized spacial score (nSPS) is 11.9. The van der Waals surface area contributed by atoms with Gasteiger partial charge in [-0.15, -0.1) is 0 Å². The van der Waals surface area contributed by atoms with Gasteiger partial charge in [0.2, 0.25) is 0 Å². The summed E-state index contributed by atoms with van der Waals surface area (Å²) in [5.41, 5.74) is 3.80. The molecule has 0 fully saturated rings. The van der Waals surface area contributed by atoms with Crippen molar-refractivity contribution in [2.45, 2.75) is 20.8 Å². The van der Waals surface area contributed by atoms with Crippen molar-refractivity contribution < 1.29 is 0 Å². The molecule has 1 aromatic rings. The Hall–Kier alpha value is -1.26. The standard InChI is InChI=1S/C12H12ClN/c1-8-4-5-11(9(2)6-8)12(13)10(3)7-14/h4-6H,1-3H3/b12-10-. The second kappa shape index (κ2) is 4.30. The Labute approximate surface area is 89.6 Å². The highest BCUT2D eigenvalue weighted by Gasteiger charge is 2.05. The Bertz CT molecular complexity index is 424. The smallest absolute Gasteiger partial charge is 0.0959 e. The zero-order valence-corrected chi connectivity index (χ0v) is 9.31.